The molecule has 0 unspecified atom stereocenters. The van der Waals surface area contributed by atoms with Gasteiger partial charge in [0.15, 0.2) is 0 Å². The van der Waals surface area contributed by atoms with Crippen LogP contribution in [0.3, 0.4) is 0 Å². The minimum absolute atomic E-state index is 0.690. The molecular formula is C7H20O5Si2. The molecule has 0 aromatic heterocycles. The van der Waals surface area contributed by atoms with Crippen molar-refractivity contribution in [1.29, 1.82) is 0 Å². The second-order valence-corrected chi connectivity index (χ2v) is 9.06. The molecule has 0 bridgehead atoms. The van der Waals surface area contributed by atoms with Gasteiger partial charge in [0.05, 0.1) is 0 Å². The van der Waals surface area contributed by atoms with Crippen LogP contribution < -0.4 is 0 Å². The average molecular weight is 240 g/mol. The Kier molecular flexibility index (Phi) is 6.06. The molecule has 0 atom stereocenters. The molecule has 0 radical (unpaired) electrons. The monoisotopic (exact) mass is 240 g/mol. The quantitative estimate of drug-likeness (QED) is 0.624. The molecule has 0 saturated heterocycles. The molecule has 86 valence electrons. The molecule has 0 heterocycles. The third-order valence-corrected chi connectivity index (χ3v) is 8.46. The highest BCUT2D eigenvalue weighted by Gasteiger charge is 2.47. The molecular weight excluding hydrogens is 220 g/mol. The van der Waals surface area contributed by atoms with Gasteiger partial charge in [-0.05, 0) is 0 Å². The Bertz CT molecular complexity index is 150. The summed E-state index contributed by atoms with van der Waals surface area (Å²) < 4.78 is 26.8. The van der Waals surface area contributed by atoms with E-state index in [-0.39, 0.29) is 0 Å². The summed E-state index contributed by atoms with van der Waals surface area (Å²) in [6, 6.07) is 0.690. The molecule has 0 aromatic rings. The zero-order valence-corrected chi connectivity index (χ0v) is 11.7. The van der Waals surface area contributed by atoms with Crippen molar-refractivity contribution in [2.45, 2.75) is 19.5 Å². The summed E-state index contributed by atoms with van der Waals surface area (Å²) in [6.07, 6.45) is 0. The van der Waals surface area contributed by atoms with E-state index in [9.17, 15) is 0 Å². The van der Waals surface area contributed by atoms with Gasteiger partial charge in [-0.3, -0.25) is 0 Å². The number of hydrogen-bond donors (Lipinski definition) is 0. The van der Waals surface area contributed by atoms with Crippen molar-refractivity contribution in [3.63, 3.8) is 0 Å². The van der Waals surface area contributed by atoms with E-state index < -0.39 is 17.6 Å². The Morgan fingerprint density at radius 1 is 0.857 bits per heavy atom. The minimum atomic E-state index is -2.58. The Balaban J connectivity index is 4.56. The van der Waals surface area contributed by atoms with Crippen LogP contribution in [0, 0.1) is 0 Å². The molecule has 0 aliphatic carbocycles. The van der Waals surface area contributed by atoms with Crippen LogP contribution in [0.4, 0.5) is 0 Å². The molecule has 7 heteroatoms. The highest BCUT2D eigenvalue weighted by atomic mass is 28.5. The molecule has 0 N–H and O–H groups in total. The van der Waals surface area contributed by atoms with Gasteiger partial charge >= 0.3 is 17.6 Å². The van der Waals surface area contributed by atoms with Crippen molar-refractivity contribution in [1.82, 2.24) is 0 Å². The fourth-order valence-electron chi connectivity index (χ4n) is 0.977. The van der Waals surface area contributed by atoms with Crippen LogP contribution in [-0.4, -0.2) is 46.0 Å². The minimum Gasteiger partial charge on any atom is -0.377 e. The lowest BCUT2D eigenvalue weighted by Crippen LogP contribution is -2.55. The molecule has 0 fully saturated rings. The largest absolute Gasteiger partial charge is 0.492 e. The second kappa shape index (κ2) is 5.96. The van der Waals surface area contributed by atoms with Crippen molar-refractivity contribution in [3.05, 3.63) is 0 Å². The fraction of sp³-hybridized carbons (Fsp3) is 1.00. The molecule has 0 amide bonds. The van der Waals surface area contributed by atoms with Gasteiger partial charge in [0.1, 0.15) is 0 Å². The highest BCUT2D eigenvalue weighted by molar-refractivity contribution is 6.74. The van der Waals surface area contributed by atoms with Crippen LogP contribution in [0.1, 0.15) is 6.92 Å². The summed E-state index contributed by atoms with van der Waals surface area (Å²) in [4.78, 5) is 0. The van der Waals surface area contributed by atoms with Gasteiger partial charge in [-0.2, -0.15) is 0 Å². The van der Waals surface area contributed by atoms with Gasteiger partial charge in [-0.1, -0.05) is 6.92 Å². The molecule has 0 aliphatic rings. The van der Waals surface area contributed by atoms with Crippen LogP contribution >= 0.6 is 0 Å². The molecule has 0 aliphatic heterocycles. The van der Waals surface area contributed by atoms with E-state index in [1.54, 1.807) is 28.4 Å². The van der Waals surface area contributed by atoms with Crippen LogP contribution in [0.15, 0.2) is 0 Å². The van der Waals surface area contributed by atoms with Crippen molar-refractivity contribution in [2.75, 3.05) is 28.4 Å². The van der Waals surface area contributed by atoms with Crippen molar-refractivity contribution >= 4 is 17.6 Å². The molecule has 5 nitrogen and oxygen atoms in total. The van der Waals surface area contributed by atoms with E-state index in [0.717, 1.165) is 0 Å². The van der Waals surface area contributed by atoms with Crippen LogP contribution in [0.5, 0.6) is 0 Å². The van der Waals surface area contributed by atoms with Gasteiger partial charge in [-0.15, -0.1) is 0 Å². The molecule has 0 spiro atoms. The highest BCUT2D eigenvalue weighted by Crippen LogP contribution is 2.20. The smallest absolute Gasteiger partial charge is 0.377 e. The van der Waals surface area contributed by atoms with Gasteiger partial charge in [-0.25, -0.2) is 0 Å². The van der Waals surface area contributed by atoms with Gasteiger partial charge in [0.25, 0.3) is 0 Å². The summed E-state index contributed by atoms with van der Waals surface area (Å²) in [7, 11) is 1.13. The Morgan fingerprint density at radius 3 is 1.50 bits per heavy atom. The maximum Gasteiger partial charge on any atom is 0.492 e. The third kappa shape index (κ3) is 3.42. The zero-order chi connectivity index (χ0) is 11.2. The summed E-state index contributed by atoms with van der Waals surface area (Å²) in [5.41, 5.74) is 0. The molecule has 0 rings (SSSR count). The summed E-state index contributed by atoms with van der Waals surface area (Å²) in [6.45, 7) is 3.77. The van der Waals surface area contributed by atoms with Crippen LogP contribution in [-0.2, 0) is 21.8 Å². The Morgan fingerprint density at radius 2 is 1.29 bits per heavy atom. The van der Waals surface area contributed by atoms with E-state index in [1.165, 1.54) is 0 Å². The first kappa shape index (κ1) is 14.2. The lowest BCUT2D eigenvalue weighted by molar-refractivity contribution is 0.0923. The predicted molar refractivity (Wildman–Crippen MR) is 57.0 cm³/mol. The average Bonchev–Trinajstić information content (AvgIpc) is 2.26. The van der Waals surface area contributed by atoms with Gasteiger partial charge in [0.2, 0.25) is 0 Å². The third-order valence-electron chi connectivity index (χ3n) is 2.14. The Hall–Kier alpha value is 0.234. The summed E-state index contributed by atoms with van der Waals surface area (Å²) >= 11 is 0. The van der Waals surface area contributed by atoms with Crippen molar-refractivity contribution < 1.29 is 21.8 Å². The zero-order valence-electron chi connectivity index (χ0n) is 9.75. The second-order valence-electron chi connectivity index (χ2n) is 2.82. The van der Waals surface area contributed by atoms with E-state index in [2.05, 4.69) is 0 Å². The number of hydrogen-bond acceptors (Lipinski definition) is 5. The normalized spacial score (nSPS) is 13.3. The molecule has 14 heavy (non-hydrogen) atoms. The van der Waals surface area contributed by atoms with E-state index in [4.69, 9.17) is 21.8 Å². The molecule has 0 aromatic carbocycles. The predicted octanol–water partition coefficient (Wildman–Crippen LogP) is 1.12. The SMILES string of the molecule is CC[Si](OC)(OC)O[Si](C)(OC)OC. The van der Waals surface area contributed by atoms with E-state index in [0.29, 0.717) is 6.04 Å². The Labute approximate surface area is 88.0 Å². The maximum absolute atomic E-state index is 5.76. The van der Waals surface area contributed by atoms with Crippen LogP contribution in [0.25, 0.3) is 0 Å². The topological polar surface area (TPSA) is 46.2 Å². The van der Waals surface area contributed by atoms with Crippen molar-refractivity contribution in [3.8, 4) is 0 Å². The standard InChI is InChI=1S/C7H20O5Si2/c1-7-14(10-4,11-5)12-13(6,8-2)9-3/h7H2,1-6H3. The first-order valence-electron chi connectivity index (χ1n) is 4.42. The lowest BCUT2D eigenvalue weighted by Gasteiger charge is -2.32. The first-order valence-corrected chi connectivity index (χ1v) is 8.57. The summed E-state index contributed by atoms with van der Waals surface area (Å²) in [5.74, 6) is 0. The first-order chi connectivity index (χ1) is 6.51. The van der Waals surface area contributed by atoms with Crippen molar-refractivity contribution in [2.24, 2.45) is 0 Å². The number of rotatable bonds is 7. The summed E-state index contributed by atoms with van der Waals surface area (Å²) in [5, 5.41) is 0. The van der Waals surface area contributed by atoms with E-state index in [1.807, 2.05) is 13.5 Å². The molecule has 0 saturated carbocycles. The fourth-order valence-corrected chi connectivity index (χ4v) is 6.06. The lowest BCUT2D eigenvalue weighted by atomic mass is 11.0. The van der Waals surface area contributed by atoms with Gasteiger partial charge in [0, 0.05) is 41.0 Å². The van der Waals surface area contributed by atoms with Crippen LogP contribution in [0.2, 0.25) is 12.6 Å². The van der Waals surface area contributed by atoms with E-state index >= 15 is 0 Å². The maximum atomic E-state index is 5.76. The van der Waals surface area contributed by atoms with Gasteiger partial charge < -0.3 is 21.8 Å².